The Balaban J connectivity index is 2.73. The molecule has 0 saturated carbocycles. The Morgan fingerprint density at radius 2 is 2.16 bits per heavy atom. The lowest BCUT2D eigenvalue weighted by atomic mass is 10.2. The maximum Gasteiger partial charge on any atom is 0.260 e. The van der Waals surface area contributed by atoms with Crippen LogP contribution in [0.1, 0.15) is 19.4 Å². The largest absolute Gasteiger partial charge is 0.482 e. The molecule has 1 amide bonds. The molecule has 0 atom stereocenters. The van der Waals surface area contributed by atoms with Gasteiger partial charge >= 0.3 is 0 Å². The van der Waals surface area contributed by atoms with Gasteiger partial charge in [0.05, 0.1) is 4.47 Å². The van der Waals surface area contributed by atoms with Gasteiger partial charge in [-0.25, -0.2) is 0 Å². The molecule has 106 valence electrons. The van der Waals surface area contributed by atoms with Gasteiger partial charge in [-0.2, -0.15) is 0 Å². The minimum atomic E-state index is -0.0207. The van der Waals surface area contributed by atoms with Crippen LogP contribution in [0.3, 0.4) is 0 Å². The molecule has 4 nitrogen and oxygen atoms in total. The summed E-state index contributed by atoms with van der Waals surface area (Å²) in [6, 6.07) is 5.87. The van der Waals surface area contributed by atoms with Gasteiger partial charge in [0.1, 0.15) is 5.75 Å². The van der Waals surface area contributed by atoms with Crippen LogP contribution in [0.2, 0.25) is 0 Å². The van der Waals surface area contributed by atoms with Crippen LogP contribution in [-0.4, -0.2) is 37.6 Å². The third kappa shape index (κ3) is 4.84. The SMILES string of the molecule is CCNCc1cccc(Br)c1OCC(=O)N(C)CC. The minimum absolute atomic E-state index is 0.0207. The number of carbonyl (C=O) groups excluding carboxylic acids is 1. The lowest BCUT2D eigenvalue weighted by Crippen LogP contribution is -2.31. The van der Waals surface area contributed by atoms with E-state index in [9.17, 15) is 4.79 Å². The van der Waals surface area contributed by atoms with Gasteiger partial charge in [0.15, 0.2) is 6.61 Å². The lowest BCUT2D eigenvalue weighted by molar-refractivity contribution is -0.131. The fourth-order valence-corrected chi connectivity index (χ4v) is 2.06. The van der Waals surface area contributed by atoms with Crippen molar-refractivity contribution in [1.29, 1.82) is 0 Å². The summed E-state index contributed by atoms with van der Waals surface area (Å²) in [5, 5.41) is 3.26. The van der Waals surface area contributed by atoms with Crippen molar-refractivity contribution in [3.05, 3.63) is 28.2 Å². The summed E-state index contributed by atoms with van der Waals surface area (Å²) in [5.41, 5.74) is 1.04. The number of nitrogens with zero attached hydrogens (tertiary/aromatic N) is 1. The third-order valence-corrected chi connectivity index (χ3v) is 3.48. The first kappa shape index (κ1) is 16.0. The molecule has 0 unspecified atom stereocenters. The quantitative estimate of drug-likeness (QED) is 0.835. The molecule has 0 radical (unpaired) electrons. The van der Waals surface area contributed by atoms with Crippen LogP contribution in [0.4, 0.5) is 0 Å². The number of halogens is 1. The number of ether oxygens (including phenoxy) is 1. The molecule has 1 N–H and O–H groups in total. The summed E-state index contributed by atoms with van der Waals surface area (Å²) in [5.74, 6) is 0.717. The Hall–Kier alpha value is -1.07. The Morgan fingerprint density at radius 3 is 2.79 bits per heavy atom. The van der Waals surface area contributed by atoms with Crippen LogP contribution < -0.4 is 10.1 Å². The van der Waals surface area contributed by atoms with Crippen LogP contribution >= 0.6 is 15.9 Å². The molecule has 5 heteroatoms. The average molecular weight is 329 g/mol. The molecule has 0 heterocycles. The van der Waals surface area contributed by atoms with E-state index in [-0.39, 0.29) is 12.5 Å². The average Bonchev–Trinajstić information content (AvgIpc) is 2.42. The van der Waals surface area contributed by atoms with Crippen molar-refractivity contribution >= 4 is 21.8 Å². The Labute approximate surface area is 123 Å². The first-order valence-electron chi connectivity index (χ1n) is 6.45. The Kier molecular flexibility index (Phi) is 6.87. The Morgan fingerprint density at radius 1 is 1.42 bits per heavy atom. The molecule has 0 aliphatic carbocycles. The second kappa shape index (κ2) is 8.17. The maximum atomic E-state index is 11.8. The molecule has 19 heavy (non-hydrogen) atoms. The predicted octanol–water partition coefficient (Wildman–Crippen LogP) is 2.42. The predicted molar refractivity (Wildman–Crippen MR) is 80.3 cm³/mol. The van der Waals surface area contributed by atoms with Crippen LogP contribution in [0.25, 0.3) is 0 Å². The van der Waals surface area contributed by atoms with Crippen molar-refractivity contribution in [3.63, 3.8) is 0 Å². The summed E-state index contributed by atoms with van der Waals surface area (Å²) >= 11 is 3.47. The third-order valence-electron chi connectivity index (χ3n) is 2.85. The van der Waals surface area contributed by atoms with E-state index >= 15 is 0 Å². The second-order valence-corrected chi connectivity index (χ2v) is 5.06. The van der Waals surface area contributed by atoms with Gasteiger partial charge in [-0.05, 0) is 35.5 Å². The highest BCUT2D eigenvalue weighted by Crippen LogP contribution is 2.29. The Bertz CT molecular complexity index is 424. The summed E-state index contributed by atoms with van der Waals surface area (Å²) in [6.07, 6.45) is 0. The van der Waals surface area contributed by atoms with Gasteiger partial charge in [0.25, 0.3) is 5.91 Å². The van der Waals surface area contributed by atoms with E-state index in [1.54, 1.807) is 11.9 Å². The number of para-hydroxylation sites is 1. The molecule has 0 bridgehead atoms. The fourth-order valence-electron chi connectivity index (χ4n) is 1.53. The molecule has 1 aromatic carbocycles. The second-order valence-electron chi connectivity index (χ2n) is 4.21. The van der Waals surface area contributed by atoms with E-state index < -0.39 is 0 Å². The first-order valence-corrected chi connectivity index (χ1v) is 7.24. The molecule has 1 rings (SSSR count). The minimum Gasteiger partial charge on any atom is -0.482 e. The van der Waals surface area contributed by atoms with Crippen LogP contribution in [0.15, 0.2) is 22.7 Å². The highest BCUT2D eigenvalue weighted by Gasteiger charge is 2.12. The highest BCUT2D eigenvalue weighted by atomic mass is 79.9. The molecule has 0 aromatic heterocycles. The fraction of sp³-hybridized carbons (Fsp3) is 0.500. The number of hydrogen-bond acceptors (Lipinski definition) is 3. The zero-order valence-corrected chi connectivity index (χ0v) is 13.3. The molecule has 0 fully saturated rings. The molecule has 1 aromatic rings. The van der Waals surface area contributed by atoms with Gasteiger partial charge in [0, 0.05) is 25.7 Å². The van der Waals surface area contributed by atoms with E-state index in [4.69, 9.17) is 4.74 Å². The smallest absolute Gasteiger partial charge is 0.260 e. The van der Waals surface area contributed by atoms with E-state index in [1.807, 2.05) is 25.1 Å². The summed E-state index contributed by atoms with van der Waals surface area (Å²) in [7, 11) is 1.77. The number of carbonyl (C=O) groups is 1. The lowest BCUT2D eigenvalue weighted by Gasteiger charge is -2.17. The van der Waals surface area contributed by atoms with E-state index in [0.29, 0.717) is 6.54 Å². The van der Waals surface area contributed by atoms with Crippen molar-refractivity contribution in [2.24, 2.45) is 0 Å². The van der Waals surface area contributed by atoms with E-state index in [0.717, 1.165) is 28.9 Å². The molecule has 0 aliphatic heterocycles. The summed E-state index contributed by atoms with van der Waals surface area (Å²) in [4.78, 5) is 13.4. The monoisotopic (exact) mass is 328 g/mol. The van der Waals surface area contributed by atoms with Crippen LogP contribution in [0, 0.1) is 0 Å². The summed E-state index contributed by atoms with van der Waals surface area (Å²) < 4.78 is 6.54. The molecule has 0 spiro atoms. The number of likely N-dealkylation sites (N-methyl/N-ethyl adjacent to an activating group) is 1. The first-order chi connectivity index (χ1) is 9.10. The number of nitrogens with one attached hydrogen (secondary N) is 1. The van der Waals surface area contributed by atoms with E-state index in [2.05, 4.69) is 28.2 Å². The van der Waals surface area contributed by atoms with Gasteiger partial charge in [-0.15, -0.1) is 0 Å². The highest BCUT2D eigenvalue weighted by molar-refractivity contribution is 9.10. The normalized spacial score (nSPS) is 10.3. The van der Waals surface area contributed by atoms with Gasteiger partial charge in [0.2, 0.25) is 0 Å². The zero-order chi connectivity index (χ0) is 14.3. The van der Waals surface area contributed by atoms with Crippen LogP contribution in [0.5, 0.6) is 5.75 Å². The van der Waals surface area contributed by atoms with Gasteiger partial charge in [-0.3, -0.25) is 4.79 Å². The topological polar surface area (TPSA) is 41.6 Å². The van der Waals surface area contributed by atoms with Crippen molar-refractivity contribution in [2.75, 3.05) is 26.7 Å². The zero-order valence-electron chi connectivity index (χ0n) is 11.7. The molecule has 0 aliphatic rings. The number of amides is 1. The molecular weight excluding hydrogens is 308 g/mol. The van der Waals surface area contributed by atoms with Crippen LogP contribution in [-0.2, 0) is 11.3 Å². The van der Waals surface area contributed by atoms with Crippen molar-refractivity contribution in [2.45, 2.75) is 20.4 Å². The van der Waals surface area contributed by atoms with Gasteiger partial charge in [-0.1, -0.05) is 19.1 Å². The van der Waals surface area contributed by atoms with Crippen molar-refractivity contribution in [1.82, 2.24) is 10.2 Å². The maximum absolute atomic E-state index is 11.8. The summed E-state index contributed by atoms with van der Waals surface area (Å²) in [6.45, 7) is 6.35. The number of rotatable bonds is 7. The molecule has 0 saturated heterocycles. The van der Waals surface area contributed by atoms with Crippen molar-refractivity contribution in [3.8, 4) is 5.75 Å². The van der Waals surface area contributed by atoms with Crippen molar-refractivity contribution < 1.29 is 9.53 Å². The number of hydrogen-bond donors (Lipinski definition) is 1. The van der Waals surface area contributed by atoms with E-state index in [1.165, 1.54) is 0 Å². The van der Waals surface area contributed by atoms with Gasteiger partial charge < -0.3 is 15.0 Å². The molecular formula is C14H21BrN2O2. The number of benzene rings is 1. The standard InChI is InChI=1S/C14H21BrN2O2/c1-4-16-9-11-7-6-8-12(15)14(11)19-10-13(18)17(3)5-2/h6-8,16H,4-5,9-10H2,1-3H3.